The molecule has 0 aliphatic heterocycles. The van der Waals surface area contributed by atoms with Crippen molar-refractivity contribution in [2.24, 2.45) is 29.6 Å². The van der Waals surface area contributed by atoms with Crippen LogP contribution >= 0.6 is 0 Å². The normalized spacial score (nSPS) is 23.6. The van der Waals surface area contributed by atoms with Crippen molar-refractivity contribution in [2.75, 3.05) is 6.61 Å². The van der Waals surface area contributed by atoms with Gasteiger partial charge >= 0.3 is 11.9 Å². The van der Waals surface area contributed by atoms with E-state index in [0.717, 1.165) is 72.8 Å². The van der Waals surface area contributed by atoms with Crippen LogP contribution in [-0.2, 0) is 9.47 Å². The second-order valence-electron chi connectivity index (χ2n) is 26.1. The molecule has 4 fully saturated rings. The van der Waals surface area contributed by atoms with Crippen molar-refractivity contribution in [3.05, 3.63) is 136 Å². The van der Waals surface area contributed by atoms with E-state index < -0.39 is 29.7 Å². The van der Waals surface area contributed by atoms with E-state index in [9.17, 15) is 18.4 Å². The highest BCUT2D eigenvalue weighted by Gasteiger charge is 2.33. The topological polar surface area (TPSA) is 61.8 Å². The molecule has 0 spiro atoms. The Morgan fingerprint density at radius 3 is 1.33 bits per heavy atom. The van der Waals surface area contributed by atoms with Crippen LogP contribution in [0.25, 0.3) is 0 Å². The van der Waals surface area contributed by atoms with Crippen LogP contribution in [0.2, 0.25) is 0 Å². The molecule has 8 rings (SSSR count). The average Bonchev–Trinajstić information content (AvgIpc) is 3.69. The first-order valence-corrected chi connectivity index (χ1v) is 33.8. The third kappa shape index (κ3) is 20.9. The largest absolute Gasteiger partial charge is 0.485 e. The van der Waals surface area contributed by atoms with Crippen LogP contribution in [0.15, 0.2) is 91.0 Å². The Labute approximate surface area is 496 Å². The number of benzene rings is 4. The van der Waals surface area contributed by atoms with Crippen molar-refractivity contribution >= 4 is 11.9 Å². The van der Waals surface area contributed by atoms with Gasteiger partial charge in [0.1, 0.15) is 6.61 Å². The first kappa shape index (κ1) is 65.0. The Balaban J connectivity index is 0.000000251. The maximum atomic E-state index is 14.8. The van der Waals surface area contributed by atoms with Crippen LogP contribution < -0.4 is 4.74 Å². The molecule has 4 aliphatic rings. The molecule has 4 aromatic carbocycles. The minimum atomic E-state index is -0.697. The molecule has 4 saturated carbocycles. The van der Waals surface area contributed by atoms with Gasteiger partial charge in [0, 0.05) is 0 Å². The van der Waals surface area contributed by atoms with Gasteiger partial charge in [-0.05, 0) is 216 Å². The van der Waals surface area contributed by atoms with Crippen LogP contribution in [0.3, 0.4) is 0 Å². The van der Waals surface area contributed by atoms with Crippen LogP contribution in [0.1, 0.15) is 313 Å². The maximum Gasteiger partial charge on any atom is 0.338 e. The van der Waals surface area contributed by atoms with E-state index in [1.165, 1.54) is 191 Å². The lowest BCUT2D eigenvalue weighted by Gasteiger charge is -2.38. The van der Waals surface area contributed by atoms with Gasteiger partial charge in [-0.3, -0.25) is 0 Å². The predicted molar refractivity (Wildman–Crippen MR) is 335 cm³/mol. The van der Waals surface area contributed by atoms with Crippen LogP contribution in [0.4, 0.5) is 8.78 Å². The van der Waals surface area contributed by atoms with Crippen LogP contribution in [-0.4, -0.2) is 24.6 Å². The van der Waals surface area contributed by atoms with Gasteiger partial charge in [-0.25, -0.2) is 18.4 Å². The second-order valence-corrected chi connectivity index (χ2v) is 26.1. The van der Waals surface area contributed by atoms with Gasteiger partial charge < -0.3 is 14.2 Å². The summed E-state index contributed by atoms with van der Waals surface area (Å²) < 4.78 is 47.0. The van der Waals surface area contributed by atoms with E-state index in [1.54, 1.807) is 12.1 Å². The molecule has 0 unspecified atom stereocenters. The zero-order valence-corrected chi connectivity index (χ0v) is 51.8. The molecule has 2 atom stereocenters. The van der Waals surface area contributed by atoms with Gasteiger partial charge in [-0.1, -0.05) is 191 Å². The van der Waals surface area contributed by atoms with Gasteiger partial charge in [-0.15, -0.1) is 0 Å². The number of hydrogen-bond donors (Lipinski definition) is 0. The zero-order chi connectivity index (χ0) is 57.9. The molecule has 0 heterocycles. The Morgan fingerprint density at radius 1 is 0.463 bits per heavy atom. The van der Waals surface area contributed by atoms with E-state index in [0.29, 0.717) is 23.0 Å². The third-order valence-electron chi connectivity index (χ3n) is 20.0. The van der Waals surface area contributed by atoms with Gasteiger partial charge in [0.15, 0.2) is 23.5 Å². The quantitative estimate of drug-likeness (QED) is 0.0400. The highest BCUT2D eigenvalue weighted by atomic mass is 19.1. The van der Waals surface area contributed by atoms with Gasteiger partial charge in [0.25, 0.3) is 0 Å². The molecular weight excluding hydrogens is 1020 g/mol. The minimum absolute atomic E-state index is 0.0437. The predicted octanol–water partition coefficient (Wildman–Crippen LogP) is 22.5. The molecule has 4 aliphatic carbocycles. The summed E-state index contributed by atoms with van der Waals surface area (Å²) >= 11 is 0. The van der Waals surface area contributed by atoms with E-state index in [2.05, 4.69) is 52.0 Å². The SMILES string of the molecule is CCCCCC1CCC(c2ccc(C(=O)OC[C@H](OC(=O)c3ccc(C4CCC(CCCCC)CC4)cc3)c3ccccc3)cc2)CC1.CCCCCC[C@@H](C)Oc1c(F)cc(C2CCC(C3CCC(CCCCC)CC3)CC2)cc1F. The summed E-state index contributed by atoms with van der Waals surface area (Å²) in [7, 11) is 0. The summed E-state index contributed by atoms with van der Waals surface area (Å²) in [6.07, 6.45) is 41.2. The van der Waals surface area contributed by atoms with E-state index in [4.69, 9.17) is 14.2 Å². The molecule has 7 heteroatoms. The lowest BCUT2D eigenvalue weighted by molar-refractivity contribution is -0.00134. The Kier molecular flexibility index (Phi) is 28.3. The number of carbonyl (C=O) groups is 2. The van der Waals surface area contributed by atoms with Crippen molar-refractivity contribution < 1.29 is 32.6 Å². The van der Waals surface area contributed by atoms with Gasteiger partial charge in [-0.2, -0.15) is 0 Å². The summed E-state index contributed by atoms with van der Waals surface area (Å²) in [6, 6.07) is 28.6. The second kappa shape index (κ2) is 35.7. The van der Waals surface area contributed by atoms with Crippen LogP contribution in [0, 0.1) is 41.2 Å². The van der Waals surface area contributed by atoms with Crippen molar-refractivity contribution in [3.63, 3.8) is 0 Å². The molecule has 0 radical (unpaired) electrons. The number of ether oxygens (including phenoxy) is 3. The van der Waals surface area contributed by atoms with Crippen LogP contribution in [0.5, 0.6) is 5.75 Å². The molecule has 4 aromatic rings. The summed E-state index contributed by atoms with van der Waals surface area (Å²) in [5.74, 6) is 3.79. The number of carbonyl (C=O) groups excluding carboxylic acids is 2. The fraction of sp³-hybridized carbons (Fsp3) is 0.653. The monoisotopic (exact) mass is 1130 g/mol. The van der Waals surface area contributed by atoms with Crippen molar-refractivity contribution in [1.82, 2.24) is 0 Å². The van der Waals surface area contributed by atoms with Crippen molar-refractivity contribution in [3.8, 4) is 5.75 Å². The highest BCUT2D eigenvalue weighted by Crippen LogP contribution is 2.46. The summed E-state index contributed by atoms with van der Waals surface area (Å²) in [6.45, 7) is 10.9. The Bertz CT molecular complexity index is 2360. The fourth-order valence-electron chi connectivity index (χ4n) is 14.6. The van der Waals surface area contributed by atoms with E-state index >= 15 is 0 Å². The molecule has 0 aromatic heterocycles. The molecule has 0 N–H and O–H groups in total. The number of hydrogen-bond acceptors (Lipinski definition) is 5. The number of rotatable bonds is 29. The minimum Gasteiger partial charge on any atom is -0.485 e. The molecule has 5 nitrogen and oxygen atoms in total. The first-order chi connectivity index (χ1) is 40.0. The smallest absolute Gasteiger partial charge is 0.338 e. The molecule has 0 saturated heterocycles. The fourth-order valence-corrected chi connectivity index (χ4v) is 14.6. The molecular formula is C75H108F2O5. The van der Waals surface area contributed by atoms with Gasteiger partial charge in [0.2, 0.25) is 0 Å². The third-order valence-corrected chi connectivity index (χ3v) is 20.0. The maximum absolute atomic E-state index is 14.8. The Morgan fingerprint density at radius 2 is 0.866 bits per heavy atom. The lowest BCUT2D eigenvalue weighted by atomic mass is 9.68. The molecule has 82 heavy (non-hydrogen) atoms. The van der Waals surface area contributed by atoms with Gasteiger partial charge in [0.05, 0.1) is 17.2 Å². The zero-order valence-electron chi connectivity index (χ0n) is 51.8. The summed E-state index contributed by atoms with van der Waals surface area (Å²) in [5.41, 5.74) is 5.30. The Hall–Kier alpha value is -4.52. The number of unbranched alkanes of at least 4 members (excludes halogenated alkanes) is 9. The molecule has 0 bridgehead atoms. The first-order valence-electron chi connectivity index (χ1n) is 33.8. The highest BCUT2D eigenvalue weighted by molar-refractivity contribution is 5.90. The number of halogens is 2. The summed E-state index contributed by atoms with van der Waals surface area (Å²) in [4.78, 5) is 26.4. The van der Waals surface area contributed by atoms with E-state index in [-0.39, 0.29) is 24.4 Å². The van der Waals surface area contributed by atoms with Crippen molar-refractivity contribution in [2.45, 2.75) is 276 Å². The lowest BCUT2D eigenvalue weighted by Crippen LogP contribution is -2.25. The van der Waals surface area contributed by atoms with E-state index in [1.807, 2.05) is 61.5 Å². The molecule has 452 valence electrons. The van der Waals surface area contributed by atoms with Crippen molar-refractivity contribution in [1.29, 1.82) is 0 Å². The summed E-state index contributed by atoms with van der Waals surface area (Å²) in [5, 5.41) is 0. The standard InChI is InChI=1S/C44H58O4.C31H50F2O/c1-3-5-8-12-33-16-20-35(21-17-33)37-24-28-40(29-25-37)43(45)47-32-42(39-14-10-7-11-15-39)48-44(46)41-30-26-38(27-31-41)36-22-18-34(19-23-36)13-9-6-4-2;1-4-6-8-10-11-23(3)34-31-29(32)21-28(22-30(31)33)27-19-17-26(18-20-27)25-15-13-24(14-16-25)12-9-7-5-2/h7,10-11,14-15,24-31,33-36,42H,3-6,8-9,12-13,16-23,32H2,1-2H3;21-27H,4-20H2,1-3H3/t33?,34?,35?,36?,42-;23-,24?,25?,26?,27?/m01/s1. The molecule has 0 amide bonds. The average molecular weight is 1130 g/mol. The number of esters is 2.